The molecule has 0 aliphatic heterocycles. The van der Waals surface area contributed by atoms with Crippen LogP contribution in [0.5, 0.6) is 0 Å². The van der Waals surface area contributed by atoms with Crippen LogP contribution in [-0.4, -0.2) is 9.78 Å². The summed E-state index contributed by atoms with van der Waals surface area (Å²) in [5.74, 6) is 4.50. The Morgan fingerprint density at radius 3 is 2.65 bits per heavy atom. The summed E-state index contributed by atoms with van der Waals surface area (Å²) in [4.78, 5) is 0. The third-order valence-electron chi connectivity index (χ3n) is 2.99. The van der Waals surface area contributed by atoms with E-state index in [1.807, 2.05) is 13.8 Å². The van der Waals surface area contributed by atoms with Gasteiger partial charge in [0.2, 0.25) is 0 Å². The minimum absolute atomic E-state index is 0.0590. The molecule has 1 heterocycles. The van der Waals surface area contributed by atoms with Gasteiger partial charge >= 0.3 is 0 Å². The molecule has 1 aromatic heterocycles. The molecule has 1 atom stereocenters. The zero-order valence-corrected chi connectivity index (χ0v) is 12.7. The van der Waals surface area contributed by atoms with Gasteiger partial charge in [0, 0.05) is 11.6 Å². The number of halogens is 3. The number of aromatic nitrogens is 2. The minimum Gasteiger partial charge on any atom is -0.271 e. The van der Waals surface area contributed by atoms with Crippen LogP contribution in [0, 0.1) is 11.6 Å². The Kier molecular flexibility index (Phi) is 4.52. The van der Waals surface area contributed by atoms with Crippen molar-refractivity contribution in [2.24, 2.45) is 5.84 Å². The van der Waals surface area contributed by atoms with Crippen molar-refractivity contribution in [1.82, 2.24) is 15.2 Å². The van der Waals surface area contributed by atoms with Crippen LogP contribution >= 0.6 is 15.9 Å². The lowest BCUT2D eigenvalue weighted by Crippen LogP contribution is -2.32. The maximum atomic E-state index is 14.0. The second-order valence-electron chi connectivity index (χ2n) is 4.68. The molecule has 0 bridgehead atoms. The van der Waals surface area contributed by atoms with Crippen molar-refractivity contribution in [3.05, 3.63) is 51.8 Å². The summed E-state index contributed by atoms with van der Waals surface area (Å²) in [7, 11) is 0. The van der Waals surface area contributed by atoms with Crippen LogP contribution < -0.4 is 11.3 Å². The van der Waals surface area contributed by atoms with E-state index in [-0.39, 0.29) is 11.6 Å². The number of nitrogens with two attached hydrogens (primary N) is 1. The van der Waals surface area contributed by atoms with Crippen LogP contribution in [0.25, 0.3) is 0 Å². The topological polar surface area (TPSA) is 55.9 Å². The molecule has 0 saturated heterocycles. The average molecular weight is 345 g/mol. The molecule has 1 aromatic carbocycles. The van der Waals surface area contributed by atoms with Gasteiger partial charge in [0.15, 0.2) is 0 Å². The smallest absolute Gasteiger partial charge is 0.128 e. The highest BCUT2D eigenvalue weighted by Crippen LogP contribution is 2.31. The van der Waals surface area contributed by atoms with Crippen molar-refractivity contribution < 1.29 is 8.78 Å². The summed E-state index contributed by atoms with van der Waals surface area (Å²) in [6, 6.07) is 2.64. The van der Waals surface area contributed by atoms with E-state index in [2.05, 4.69) is 26.5 Å². The van der Waals surface area contributed by atoms with Crippen molar-refractivity contribution in [1.29, 1.82) is 0 Å². The van der Waals surface area contributed by atoms with Crippen LogP contribution in [0.15, 0.2) is 28.9 Å². The van der Waals surface area contributed by atoms with E-state index in [0.29, 0.717) is 10.2 Å². The predicted octanol–water partition coefficient (Wildman–Crippen LogP) is 3.06. The van der Waals surface area contributed by atoms with Gasteiger partial charge < -0.3 is 0 Å². The molecule has 20 heavy (non-hydrogen) atoms. The molecule has 0 fully saturated rings. The standard InChI is InChI=1S/C13H15BrF2N4/c1-7(2)20-13(10(14)6-18-20)12(19-17)9-5-8(15)3-4-11(9)16/h3-7,12,19H,17H2,1-2H3. The van der Waals surface area contributed by atoms with Crippen LogP contribution in [0.2, 0.25) is 0 Å². The van der Waals surface area contributed by atoms with Gasteiger partial charge in [0.1, 0.15) is 11.6 Å². The third-order valence-corrected chi connectivity index (χ3v) is 3.60. The zero-order chi connectivity index (χ0) is 14.9. The van der Waals surface area contributed by atoms with E-state index in [0.717, 1.165) is 18.2 Å². The summed E-state index contributed by atoms with van der Waals surface area (Å²) in [6.07, 6.45) is 1.61. The predicted molar refractivity (Wildman–Crippen MR) is 75.8 cm³/mol. The van der Waals surface area contributed by atoms with Crippen LogP contribution in [0.1, 0.15) is 37.2 Å². The normalized spacial score (nSPS) is 12.9. The molecule has 108 valence electrons. The molecule has 1 unspecified atom stereocenters. The van der Waals surface area contributed by atoms with E-state index in [1.54, 1.807) is 10.9 Å². The SMILES string of the molecule is CC(C)n1ncc(Br)c1C(NN)c1cc(F)ccc1F. The maximum Gasteiger partial charge on any atom is 0.128 e. The monoisotopic (exact) mass is 344 g/mol. The Bertz CT molecular complexity index is 612. The lowest BCUT2D eigenvalue weighted by atomic mass is 10.0. The zero-order valence-electron chi connectivity index (χ0n) is 11.1. The number of hydrogen-bond acceptors (Lipinski definition) is 3. The Morgan fingerprint density at radius 1 is 1.35 bits per heavy atom. The number of hydrogen-bond donors (Lipinski definition) is 2. The Morgan fingerprint density at radius 2 is 2.05 bits per heavy atom. The second kappa shape index (κ2) is 5.99. The van der Waals surface area contributed by atoms with Gasteiger partial charge in [-0.1, -0.05) is 0 Å². The first-order valence-corrected chi connectivity index (χ1v) is 6.89. The van der Waals surface area contributed by atoms with Crippen molar-refractivity contribution in [3.8, 4) is 0 Å². The van der Waals surface area contributed by atoms with E-state index < -0.39 is 17.7 Å². The summed E-state index contributed by atoms with van der Waals surface area (Å²) in [6.45, 7) is 3.89. The largest absolute Gasteiger partial charge is 0.271 e. The van der Waals surface area contributed by atoms with Gasteiger partial charge in [-0.05, 0) is 48.0 Å². The van der Waals surface area contributed by atoms with Crippen molar-refractivity contribution in [3.63, 3.8) is 0 Å². The average Bonchev–Trinajstić information content (AvgIpc) is 2.77. The fourth-order valence-corrected chi connectivity index (χ4v) is 2.59. The van der Waals surface area contributed by atoms with Gasteiger partial charge in [-0.2, -0.15) is 5.10 Å². The van der Waals surface area contributed by atoms with Gasteiger partial charge in [-0.15, -0.1) is 0 Å². The molecule has 0 amide bonds. The van der Waals surface area contributed by atoms with E-state index in [1.165, 1.54) is 0 Å². The maximum absolute atomic E-state index is 14.0. The highest BCUT2D eigenvalue weighted by Gasteiger charge is 2.25. The Labute approximate surface area is 124 Å². The first-order chi connectivity index (χ1) is 9.45. The number of rotatable bonds is 4. The molecular formula is C13H15BrF2N4. The summed E-state index contributed by atoms with van der Waals surface area (Å²) in [5.41, 5.74) is 3.31. The number of hydrazine groups is 1. The molecule has 2 rings (SSSR count). The van der Waals surface area contributed by atoms with Crippen molar-refractivity contribution in [2.45, 2.75) is 25.9 Å². The molecule has 0 spiro atoms. The third kappa shape index (κ3) is 2.74. The van der Waals surface area contributed by atoms with Crippen molar-refractivity contribution in [2.75, 3.05) is 0 Å². The molecule has 0 aliphatic carbocycles. The molecular weight excluding hydrogens is 330 g/mol. The fourth-order valence-electron chi connectivity index (χ4n) is 2.08. The molecule has 7 heteroatoms. The molecule has 0 radical (unpaired) electrons. The quantitative estimate of drug-likeness (QED) is 0.662. The number of nitrogens with zero attached hydrogens (tertiary/aromatic N) is 2. The van der Waals surface area contributed by atoms with Gasteiger partial charge in [-0.25, -0.2) is 14.2 Å². The first-order valence-electron chi connectivity index (χ1n) is 6.09. The molecule has 3 N–H and O–H groups in total. The number of benzene rings is 1. The van der Waals surface area contributed by atoms with Crippen LogP contribution in [-0.2, 0) is 0 Å². The van der Waals surface area contributed by atoms with Gasteiger partial charge in [0.25, 0.3) is 0 Å². The lowest BCUT2D eigenvalue weighted by Gasteiger charge is -2.21. The molecule has 0 aliphatic rings. The van der Waals surface area contributed by atoms with E-state index in [9.17, 15) is 8.78 Å². The molecule has 0 saturated carbocycles. The first kappa shape index (κ1) is 15.1. The Balaban J connectivity index is 2.58. The highest BCUT2D eigenvalue weighted by atomic mass is 79.9. The second-order valence-corrected chi connectivity index (χ2v) is 5.54. The van der Waals surface area contributed by atoms with E-state index >= 15 is 0 Å². The van der Waals surface area contributed by atoms with Crippen LogP contribution in [0.3, 0.4) is 0 Å². The summed E-state index contributed by atoms with van der Waals surface area (Å²) in [5, 5.41) is 4.22. The molecule has 2 aromatic rings. The highest BCUT2D eigenvalue weighted by molar-refractivity contribution is 9.10. The van der Waals surface area contributed by atoms with Gasteiger partial charge in [0.05, 0.1) is 22.4 Å². The fraction of sp³-hybridized carbons (Fsp3) is 0.308. The van der Waals surface area contributed by atoms with Crippen LogP contribution in [0.4, 0.5) is 8.78 Å². The number of nitrogens with one attached hydrogen (secondary N) is 1. The van der Waals surface area contributed by atoms with Crippen molar-refractivity contribution >= 4 is 15.9 Å². The van der Waals surface area contributed by atoms with E-state index in [4.69, 9.17) is 5.84 Å². The molecule has 4 nitrogen and oxygen atoms in total. The summed E-state index contributed by atoms with van der Waals surface area (Å²) < 4.78 is 29.7. The van der Waals surface area contributed by atoms with Gasteiger partial charge in [-0.3, -0.25) is 10.5 Å². The summed E-state index contributed by atoms with van der Waals surface area (Å²) >= 11 is 3.37. The Hall–Kier alpha value is -1.31. The minimum atomic E-state index is -0.704. The lowest BCUT2D eigenvalue weighted by molar-refractivity contribution is 0.464.